The number of carbonyl (C=O) groups is 3. The van der Waals surface area contributed by atoms with Gasteiger partial charge in [0.05, 0.1) is 23.7 Å². The molecule has 3 amide bonds. The van der Waals surface area contributed by atoms with E-state index >= 15 is 0 Å². The molecule has 12 heteroatoms. The number of halogens is 1. The Morgan fingerprint density at radius 2 is 2.18 bits per heavy atom. The molecular formula is C33H38ClN5O6. The van der Waals surface area contributed by atoms with Crippen LogP contribution >= 0.6 is 11.6 Å². The highest BCUT2D eigenvalue weighted by Crippen LogP contribution is 2.33. The summed E-state index contributed by atoms with van der Waals surface area (Å²) >= 11 is 6.60. The van der Waals surface area contributed by atoms with Crippen molar-refractivity contribution in [1.82, 2.24) is 15.0 Å². The van der Waals surface area contributed by atoms with E-state index in [1.807, 2.05) is 11.0 Å². The lowest BCUT2D eigenvalue weighted by Gasteiger charge is -2.27. The molecule has 0 spiro atoms. The number of aromatic nitrogens is 1. The molecule has 0 bridgehead atoms. The lowest BCUT2D eigenvalue weighted by molar-refractivity contribution is -0.132. The Balaban J connectivity index is 1.19. The molecule has 45 heavy (non-hydrogen) atoms. The number of allylic oxidation sites excluding steroid dienone is 6. The molecule has 4 N–H and O–H groups in total. The smallest absolute Gasteiger partial charge is 0.255 e. The predicted molar refractivity (Wildman–Crippen MR) is 172 cm³/mol. The highest BCUT2D eigenvalue weighted by molar-refractivity contribution is 6.35. The average Bonchev–Trinajstić information content (AvgIpc) is 3.17. The molecule has 3 atom stereocenters. The van der Waals surface area contributed by atoms with Crippen LogP contribution in [0.3, 0.4) is 0 Å². The van der Waals surface area contributed by atoms with E-state index in [0.29, 0.717) is 64.8 Å². The molecule has 11 nitrogen and oxygen atoms in total. The first-order chi connectivity index (χ1) is 21.7. The normalized spacial score (nSPS) is 19.9. The highest BCUT2D eigenvalue weighted by atomic mass is 35.5. The number of aliphatic hydroxyl groups excluding tert-OH is 1. The summed E-state index contributed by atoms with van der Waals surface area (Å²) in [5.41, 5.74) is 9.99. The maximum absolute atomic E-state index is 13.8. The number of anilines is 2. The van der Waals surface area contributed by atoms with Gasteiger partial charge in [0.1, 0.15) is 0 Å². The van der Waals surface area contributed by atoms with Crippen LogP contribution in [0.5, 0.6) is 0 Å². The van der Waals surface area contributed by atoms with Gasteiger partial charge >= 0.3 is 0 Å². The van der Waals surface area contributed by atoms with Gasteiger partial charge in [0.2, 0.25) is 6.41 Å². The van der Waals surface area contributed by atoms with Crippen LogP contribution in [0.2, 0.25) is 0 Å². The van der Waals surface area contributed by atoms with E-state index in [4.69, 9.17) is 26.6 Å². The van der Waals surface area contributed by atoms with Crippen LogP contribution in [-0.4, -0.2) is 76.7 Å². The first kappa shape index (κ1) is 32.2. The first-order valence-corrected chi connectivity index (χ1v) is 15.5. The number of ether oxygens (including phenoxy) is 1. The third-order valence-corrected chi connectivity index (χ3v) is 8.75. The zero-order valence-corrected chi connectivity index (χ0v) is 26.1. The lowest BCUT2D eigenvalue weighted by atomic mass is 9.87. The number of nitrogens with zero attached hydrogens (tertiary/aromatic N) is 3. The molecule has 0 saturated carbocycles. The van der Waals surface area contributed by atoms with Gasteiger partial charge in [0, 0.05) is 42.1 Å². The first-order valence-electron chi connectivity index (χ1n) is 15.1. The van der Waals surface area contributed by atoms with Gasteiger partial charge in [-0.15, -0.1) is 0 Å². The molecule has 1 aliphatic heterocycles. The molecule has 5 rings (SSSR count). The summed E-state index contributed by atoms with van der Waals surface area (Å²) in [7, 11) is 0. The number of hydrogen-bond acceptors (Lipinski definition) is 8. The molecule has 2 heterocycles. The fourth-order valence-corrected chi connectivity index (χ4v) is 5.96. The Hall–Kier alpha value is -4.19. The van der Waals surface area contributed by atoms with Gasteiger partial charge in [-0.3, -0.25) is 14.4 Å². The minimum absolute atomic E-state index is 0.0254. The monoisotopic (exact) mass is 635 g/mol. The summed E-state index contributed by atoms with van der Waals surface area (Å²) in [5.74, 6) is -0.221. The van der Waals surface area contributed by atoms with Gasteiger partial charge in [-0.05, 0) is 67.9 Å². The van der Waals surface area contributed by atoms with Crippen molar-refractivity contribution in [2.24, 2.45) is 5.92 Å². The van der Waals surface area contributed by atoms with Crippen LogP contribution in [0.1, 0.15) is 39.5 Å². The number of benzene rings is 1. The van der Waals surface area contributed by atoms with Crippen molar-refractivity contribution in [2.75, 3.05) is 37.3 Å². The maximum Gasteiger partial charge on any atom is 0.255 e. The second-order valence-electron chi connectivity index (χ2n) is 11.5. The minimum atomic E-state index is -1.49. The number of fused-ring (bicyclic) bond motifs is 1. The zero-order chi connectivity index (χ0) is 32.1. The van der Waals surface area contributed by atoms with Crippen molar-refractivity contribution in [2.45, 2.75) is 51.7 Å². The Labute approximate surface area is 266 Å². The molecule has 2 unspecified atom stereocenters. The predicted octanol–water partition coefficient (Wildman–Crippen LogP) is 4.42. The SMILES string of the molecule is CC1CC=CC2=C1CN(C(=O)C1=CC(N(C=O)CCOC(C)[C@@H](O)C(=O)Nc3ccc4c(N)noc4c3)=CCC=C1Cl)CCC2. The van der Waals surface area contributed by atoms with Crippen LogP contribution in [0, 0.1) is 5.92 Å². The van der Waals surface area contributed by atoms with E-state index < -0.39 is 18.1 Å². The van der Waals surface area contributed by atoms with Gasteiger partial charge in [-0.2, -0.15) is 0 Å². The summed E-state index contributed by atoms with van der Waals surface area (Å²) in [4.78, 5) is 41.9. The molecule has 1 aromatic heterocycles. The summed E-state index contributed by atoms with van der Waals surface area (Å²) in [6, 6.07) is 4.84. The zero-order valence-electron chi connectivity index (χ0n) is 25.4. The highest BCUT2D eigenvalue weighted by Gasteiger charge is 2.29. The standard InChI is InChI=1S/C33H38ClN5O6/c1-20-6-3-7-22-8-5-13-38(18-27(20)22)33(43)26-17-24(9-4-10-28(26)34)39(19-40)14-15-44-21(2)30(41)32(42)36-23-11-12-25-29(16-23)45-37-31(25)35/h3,7,9-12,16-17,19-21,30,41H,4-6,8,13-15,18H2,1-2H3,(H2,35,37)(H,36,42)/t20?,21?,30-/m1/s1. The number of carbonyl (C=O) groups excluding carboxylic acids is 3. The number of rotatable bonds is 10. The molecule has 2 aromatic rings. The minimum Gasteiger partial charge on any atom is -0.381 e. The molecule has 0 radical (unpaired) electrons. The number of amides is 3. The summed E-state index contributed by atoms with van der Waals surface area (Å²) in [5, 5.41) is 17.8. The van der Waals surface area contributed by atoms with Crippen LogP contribution in [0.4, 0.5) is 11.5 Å². The lowest BCUT2D eigenvalue weighted by Crippen LogP contribution is -2.39. The Morgan fingerprint density at radius 3 is 2.98 bits per heavy atom. The van der Waals surface area contributed by atoms with Crippen molar-refractivity contribution in [3.63, 3.8) is 0 Å². The summed E-state index contributed by atoms with van der Waals surface area (Å²) in [6.45, 7) is 5.08. The molecule has 0 saturated heterocycles. The van der Waals surface area contributed by atoms with E-state index in [0.717, 1.165) is 19.3 Å². The van der Waals surface area contributed by atoms with Crippen LogP contribution < -0.4 is 11.1 Å². The number of aliphatic hydroxyl groups is 1. The van der Waals surface area contributed by atoms with Crippen LogP contribution in [0.25, 0.3) is 11.0 Å². The molecule has 238 valence electrons. The summed E-state index contributed by atoms with van der Waals surface area (Å²) in [6.07, 6.45) is 11.1. The van der Waals surface area contributed by atoms with Crippen molar-refractivity contribution >= 4 is 52.3 Å². The summed E-state index contributed by atoms with van der Waals surface area (Å²) < 4.78 is 10.8. The van der Waals surface area contributed by atoms with Crippen molar-refractivity contribution in [3.8, 4) is 0 Å². The van der Waals surface area contributed by atoms with Gasteiger partial charge in [-0.1, -0.05) is 48.0 Å². The van der Waals surface area contributed by atoms with E-state index in [2.05, 4.69) is 29.5 Å². The van der Waals surface area contributed by atoms with E-state index in [1.165, 1.54) is 16.0 Å². The van der Waals surface area contributed by atoms with Crippen molar-refractivity contribution in [3.05, 3.63) is 76.0 Å². The van der Waals surface area contributed by atoms with Gasteiger partial charge in [-0.25, -0.2) is 0 Å². The molecule has 1 aromatic carbocycles. The van der Waals surface area contributed by atoms with Gasteiger partial charge in [0.25, 0.3) is 11.8 Å². The Bertz CT molecular complexity index is 1620. The number of hydrogen-bond donors (Lipinski definition) is 3. The molecule has 0 fully saturated rings. The molecular weight excluding hydrogens is 598 g/mol. The number of nitrogens with one attached hydrogen (secondary N) is 1. The van der Waals surface area contributed by atoms with E-state index in [-0.39, 0.29) is 24.9 Å². The molecule has 3 aliphatic rings. The quantitative estimate of drug-likeness (QED) is 0.325. The third kappa shape index (κ3) is 7.38. The second-order valence-corrected chi connectivity index (χ2v) is 11.9. The Kier molecular flexibility index (Phi) is 10.2. The molecule has 2 aliphatic carbocycles. The number of nitrogen functional groups attached to an aromatic ring is 1. The topological polar surface area (TPSA) is 151 Å². The van der Waals surface area contributed by atoms with Crippen molar-refractivity contribution in [1.29, 1.82) is 0 Å². The average molecular weight is 636 g/mol. The second kappa shape index (κ2) is 14.3. The van der Waals surface area contributed by atoms with Gasteiger partial charge < -0.3 is 35.2 Å². The third-order valence-electron chi connectivity index (χ3n) is 8.40. The van der Waals surface area contributed by atoms with Gasteiger partial charge in [0.15, 0.2) is 17.5 Å². The van der Waals surface area contributed by atoms with Crippen LogP contribution in [0.15, 0.2) is 80.6 Å². The van der Waals surface area contributed by atoms with E-state index in [9.17, 15) is 19.5 Å². The maximum atomic E-state index is 13.8. The fraction of sp³-hybridized carbons (Fsp3) is 0.394. The Morgan fingerprint density at radius 1 is 1.36 bits per heavy atom. The fourth-order valence-electron chi connectivity index (χ4n) is 5.74. The largest absolute Gasteiger partial charge is 0.381 e. The number of nitrogens with two attached hydrogens (primary N) is 1. The van der Waals surface area contributed by atoms with E-state index in [1.54, 1.807) is 37.3 Å². The van der Waals surface area contributed by atoms with Crippen molar-refractivity contribution < 1.29 is 28.8 Å². The van der Waals surface area contributed by atoms with Crippen LogP contribution in [-0.2, 0) is 19.1 Å².